The van der Waals surface area contributed by atoms with E-state index in [2.05, 4.69) is 0 Å². The maximum absolute atomic E-state index is 5.29. The number of allylic oxidation sites excluding steroid dienone is 2. The lowest BCUT2D eigenvalue weighted by molar-refractivity contribution is 0.227. The number of ether oxygens (including phenoxy) is 1. The van der Waals surface area contributed by atoms with Gasteiger partial charge < -0.3 is 10.5 Å². The molecule has 1 rings (SSSR count). The lowest BCUT2D eigenvalue weighted by atomic mass is 10.1. The summed E-state index contributed by atoms with van der Waals surface area (Å²) in [5, 5.41) is 0. The van der Waals surface area contributed by atoms with Crippen LogP contribution in [0.1, 0.15) is 12.8 Å². The molecular formula is C8H13NO. The average Bonchev–Trinajstić information content (AvgIpc) is 2.03. The van der Waals surface area contributed by atoms with Crippen molar-refractivity contribution < 1.29 is 4.74 Å². The second-order valence-electron chi connectivity index (χ2n) is 2.31. The summed E-state index contributed by atoms with van der Waals surface area (Å²) < 4.78 is 5.13. The number of hydrogen-bond acceptors (Lipinski definition) is 2. The van der Waals surface area contributed by atoms with Crippen LogP contribution in [0, 0.1) is 0 Å². The zero-order chi connectivity index (χ0) is 7.23. The van der Waals surface area contributed by atoms with E-state index in [1.165, 1.54) is 5.57 Å². The van der Waals surface area contributed by atoms with Gasteiger partial charge in [0.2, 0.25) is 0 Å². The van der Waals surface area contributed by atoms with Gasteiger partial charge in [0.25, 0.3) is 0 Å². The Kier molecular flexibility index (Phi) is 3.03. The molecule has 2 nitrogen and oxygen atoms in total. The van der Waals surface area contributed by atoms with Crippen LogP contribution in [0.2, 0.25) is 0 Å². The topological polar surface area (TPSA) is 35.2 Å². The Balaban J connectivity index is 2.38. The van der Waals surface area contributed by atoms with Gasteiger partial charge in [-0.05, 0) is 18.4 Å². The fraction of sp³-hybridized carbons (Fsp3) is 0.500. The predicted molar refractivity (Wildman–Crippen MR) is 41.5 cm³/mol. The first-order valence-electron chi connectivity index (χ1n) is 3.61. The van der Waals surface area contributed by atoms with Crippen LogP contribution in [0.4, 0.5) is 0 Å². The molecule has 56 valence electrons. The minimum atomic E-state index is 0.608. The molecule has 1 heterocycles. The van der Waals surface area contributed by atoms with Gasteiger partial charge in [0, 0.05) is 6.54 Å². The first-order chi connectivity index (χ1) is 4.93. The normalized spacial score (nSPS) is 18.7. The summed E-state index contributed by atoms with van der Waals surface area (Å²) in [6, 6.07) is 0. The highest BCUT2D eigenvalue weighted by Gasteiger charge is 1.98. The summed E-state index contributed by atoms with van der Waals surface area (Å²) in [5.41, 5.74) is 6.54. The summed E-state index contributed by atoms with van der Waals surface area (Å²) in [4.78, 5) is 0. The van der Waals surface area contributed by atoms with Gasteiger partial charge in [0.05, 0.1) is 12.9 Å². The molecule has 10 heavy (non-hydrogen) atoms. The van der Waals surface area contributed by atoms with E-state index >= 15 is 0 Å². The van der Waals surface area contributed by atoms with E-state index in [9.17, 15) is 0 Å². The third-order valence-electron chi connectivity index (χ3n) is 1.43. The van der Waals surface area contributed by atoms with Gasteiger partial charge in [0.15, 0.2) is 0 Å². The van der Waals surface area contributed by atoms with E-state index in [1.54, 1.807) is 0 Å². The van der Waals surface area contributed by atoms with Crippen molar-refractivity contribution >= 4 is 0 Å². The molecule has 2 heteroatoms. The van der Waals surface area contributed by atoms with Crippen molar-refractivity contribution in [1.29, 1.82) is 0 Å². The number of rotatable bonds is 2. The molecule has 1 aliphatic heterocycles. The first kappa shape index (κ1) is 7.35. The van der Waals surface area contributed by atoms with Gasteiger partial charge in [-0.2, -0.15) is 0 Å². The van der Waals surface area contributed by atoms with E-state index in [0.29, 0.717) is 6.54 Å². The van der Waals surface area contributed by atoms with Crippen molar-refractivity contribution in [3.05, 3.63) is 24.0 Å². The highest BCUT2D eigenvalue weighted by molar-refractivity contribution is 5.17. The molecule has 0 atom stereocenters. The van der Waals surface area contributed by atoms with Gasteiger partial charge in [0.1, 0.15) is 0 Å². The molecule has 0 amide bonds. The maximum atomic E-state index is 5.29. The fourth-order valence-corrected chi connectivity index (χ4v) is 0.927. The Labute approximate surface area is 61.4 Å². The molecule has 0 aromatic heterocycles. The molecule has 0 spiro atoms. The third kappa shape index (κ3) is 2.23. The molecule has 0 unspecified atom stereocenters. The molecule has 0 aromatic carbocycles. The van der Waals surface area contributed by atoms with Gasteiger partial charge in [-0.25, -0.2) is 0 Å². The molecule has 0 radical (unpaired) electrons. The van der Waals surface area contributed by atoms with Crippen LogP contribution in [-0.2, 0) is 4.74 Å². The third-order valence-corrected chi connectivity index (χ3v) is 1.43. The number of nitrogens with two attached hydrogens (primary N) is 1. The van der Waals surface area contributed by atoms with Crippen molar-refractivity contribution in [2.75, 3.05) is 13.2 Å². The van der Waals surface area contributed by atoms with E-state index in [0.717, 1.165) is 19.4 Å². The van der Waals surface area contributed by atoms with Crippen LogP contribution in [0.25, 0.3) is 0 Å². The molecule has 0 saturated heterocycles. The largest absolute Gasteiger partial charge is 0.501 e. The Hall–Kier alpha value is -0.760. The van der Waals surface area contributed by atoms with Crippen molar-refractivity contribution in [2.45, 2.75) is 12.8 Å². The highest BCUT2D eigenvalue weighted by Crippen LogP contribution is 2.11. The second-order valence-corrected chi connectivity index (χ2v) is 2.31. The molecule has 0 saturated carbocycles. The lowest BCUT2D eigenvalue weighted by Crippen LogP contribution is -1.98. The van der Waals surface area contributed by atoms with Crippen molar-refractivity contribution in [3.63, 3.8) is 0 Å². The van der Waals surface area contributed by atoms with Crippen molar-refractivity contribution in [1.82, 2.24) is 0 Å². The van der Waals surface area contributed by atoms with Crippen molar-refractivity contribution in [2.24, 2.45) is 5.73 Å². The van der Waals surface area contributed by atoms with E-state index in [4.69, 9.17) is 10.5 Å². The Bertz CT molecular complexity index is 149. The summed E-state index contributed by atoms with van der Waals surface area (Å²) in [5.74, 6) is 0. The Morgan fingerprint density at radius 1 is 1.70 bits per heavy atom. The molecule has 0 bridgehead atoms. The van der Waals surface area contributed by atoms with Gasteiger partial charge in [-0.15, -0.1) is 0 Å². The fourth-order valence-electron chi connectivity index (χ4n) is 0.927. The summed E-state index contributed by atoms with van der Waals surface area (Å²) in [7, 11) is 0. The van der Waals surface area contributed by atoms with Crippen LogP contribution in [-0.4, -0.2) is 13.2 Å². The molecular weight excluding hydrogens is 126 g/mol. The molecule has 2 N–H and O–H groups in total. The van der Waals surface area contributed by atoms with Crippen LogP contribution in [0.15, 0.2) is 24.0 Å². The Morgan fingerprint density at radius 3 is 3.20 bits per heavy atom. The van der Waals surface area contributed by atoms with Crippen LogP contribution < -0.4 is 5.73 Å². The zero-order valence-corrected chi connectivity index (χ0v) is 6.05. The van der Waals surface area contributed by atoms with E-state index in [1.807, 2.05) is 18.4 Å². The summed E-state index contributed by atoms with van der Waals surface area (Å²) in [6.45, 7) is 1.47. The number of hydrogen-bond donors (Lipinski definition) is 1. The van der Waals surface area contributed by atoms with E-state index in [-0.39, 0.29) is 0 Å². The lowest BCUT2D eigenvalue weighted by Gasteiger charge is -2.09. The van der Waals surface area contributed by atoms with Gasteiger partial charge in [-0.1, -0.05) is 12.2 Å². The first-order valence-corrected chi connectivity index (χ1v) is 3.61. The van der Waals surface area contributed by atoms with E-state index < -0.39 is 0 Å². The molecule has 0 aliphatic carbocycles. The molecule has 0 fully saturated rings. The van der Waals surface area contributed by atoms with Crippen molar-refractivity contribution in [3.8, 4) is 0 Å². The molecule has 1 aliphatic rings. The van der Waals surface area contributed by atoms with Crippen LogP contribution >= 0.6 is 0 Å². The SMILES string of the molecule is NC/C=C/C1=COCCC1. The quantitative estimate of drug-likeness (QED) is 0.623. The summed E-state index contributed by atoms with van der Waals surface area (Å²) in [6.07, 6.45) is 8.03. The predicted octanol–water partition coefficient (Wildman–Crippen LogP) is 1.20. The second kappa shape index (κ2) is 4.12. The average molecular weight is 139 g/mol. The smallest absolute Gasteiger partial charge is 0.0876 e. The minimum Gasteiger partial charge on any atom is -0.501 e. The van der Waals surface area contributed by atoms with Gasteiger partial charge in [-0.3, -0.25) is 0 Å². The maximum Gasteiger partial charge on any atom is 0.0876 e. The molecule has 0 aromatic rings. The standard InChI is InChI=1S/C8H13NO/c9-5-1-3-8-4-2-6-10-7-8/h1,3,7H,2,4-6,9H2/b3-1+. The Morgan fingerprint density at radius 2 is 2.60 bits per heavy atom. The summed E-state index contributed by atoms with van der Waals surface area (Å²) >= 11 is 0. The van der Waals surface area contributed by atoms with Gasteiger partial charge >= 0.3 is 0 Å². The van der Waals surface area contributed by atoms with Crippen LogP contribution in [0.5, 0.6) is 0 Å². The zero-order valence-electron chi connectivity index (χ0n) is 6.05. The minimum absolute atomic E-state index is 0.608. The van der Waals surface area contributed by atoms with Crippen LogP contribution in [0.3, 0.4) is 0 Å². The monoisotopic (exact) mass is 139 g/mol. The highest BCUT2D eigenvalue weighted by atomic mass is 16.5.